The van der Waals surface area contributed by atoms with Gasteiger partial charge >= 0.3 is 0 Å². The van der Waals surface area contributed by atoms with Crippen molar-refractivity contribution in [3.8, 4) is 5.75 Å². The molecule has 126 valence electrons. The van der Waals surface area contributed by atoms with Crippen LogP contribution in [0.3, 0.4) is 0 Å². The lowest BCUT2D eigenvalue weighted by molar-refractivity contribution is -0.121. The molecule has 1 aromatic carbocycles. The fraction of sp³-hybridized carbons (Fsp3) is 0.529. The van der Waals surface area contributed by atoms with Crippen molar-refractivity contribution in [3.63, 3.8) is 0 Å². The van der Waals surface area contributed by atoms with E-state index in [1.807, 2.05) is 0 Å². The van der Waals surface area contributed by atoms with Crippen LogP contribution in [-0.2, 0) is 4.79 Å². The second kappa shape index (κ2) is 7.46. The Kier molecular flexibility index (Phi) is 5.60. The molecule has 0 aliphatic carbocycles. The van der Waals surface area contributed by atoms with Gasteiger partial charge in [-0.1, -0.05) is 0 Å². The lowest BCUT2D eigenvalue weighted by Crippen LogP contribution is -2.41. The number of primary amides is 1. The van der Waals surface area contributed by atoms with Crippen LogP contribution >= 0.6 is 0 Å². The number of methoxy groups -OCH3 is 1. The third-order valence-electron chi connectivity index (χ3n) is 4.38. The molecule has 1 aromatic rings. The van der Waals surface area contributed by atoms with Gasteiger partial charge in [-0.05, 0) is 58.0 Å². The number of nitrogens with two attached hydrogens (primary N) is 1. The molecule has 0 unspecified atom stereocenters. The van der Waals surface area contributed by atoms with E-state index in [9.17, 15) is 9.59 Å². The van der Waals surface area contributed by atoms with E-state index < -0.39 is 5.91 Å². The van der Waals surface area contributed by atoms with Gasteiger partial charge in [0.1, 0.15) is 5.75 Å². The van der Waals surface area contributed by atoms with E-state index in [4.69, 9.17) is 10.5 Å². The molecule has 0 saturated carbocycles. The van der Waals surface area contributed by atoms with E-state index in [2.05, 4.69) is 24.1 Å². The highest BCUT2D eigenvalue weighted by atomic mass is 16.5. The summed E-state index contributed by atoms with van der Waals surface area (Å²) < 4.78 is 5.09. The summed E-state index contributed by atoms with van der Waals surface area (Å²) >= 11 is 0. The molecule has 2 rings (SSSR count). The SMILES string of the molecule is COc1ccc(NC(=O)C2CCN(C(C)C)CC2)c(C(N)=O)c1. The number of hydrogen-bond acceptors (Lipinski definition) is 4. The molecule has 1 fully saturated rings. The molecule has 1 aliphatic rings. The van der Waals surface area contributed by atoms with Crippen molar-refractivity contribution in [2.24, 2.45) is 11.7 Å². The summed E-state index contributed by atoms with van der Waals surface area (Å²) in [4.78, 5) is 26.4. The second-order valence-electron chi connectivity index (χ2n) is 6.17. The summed E-state index contributed by atoms with van der Waals surface area (Å²) in [6, 6.07) is 5.39. The molecular weight excluding hydrogens is 294 g/mol. The molecular formula is C17H25N3O3. The highest BCUT2D eigenvalue weighted by Crippen LogP contribution is 2.25. The van der Waals surface area contributed by atoms with E-state index in [1.54, 1.807) is 18.2 Å². The first-order valence-electron chi connectivity index (χ1n) is 7.95. The summed E-state index contributed by atoms with van der Waals surface area (Å²) in [6.07, 6.45) is 1.65. The van der Waals surface area contributed by atoms with E-state index in [0.717, 1.165) is 25.9 Å². The Morgan fingerprint density at radius 2 is 1.96 bits per heavy atom. The molecule has 1 saturated heterocycles. The molecule has 1 heterocycles. The lowest BCUT2D eigenvalue weighted by atomic mass is 9.95. The van der Waals surface area contributed by atoms with Gasteiger partial charge in [0.15, 0.2) is 0 Å². The molecule has 6 heteroatoms. The molecule has 0 atom stereocenters. The van der Waals surface area contributed by atoms with Crippen LogP contribution in [0.15, 0.2) is 18.2 Å². The molecule has 23 heavy (non-hydrogen) atoms. The molecule has 3 N–H and O–H groups in total. The maximum atomic E-state index is 12.5. The average molecular weight is 319 g/mol. The van der Waals surface area contributed by atoms with Crippen molar-refractivity contribution in [1.29, 1.82) is 0 Å². The third-order valence-corrected chi connectivity index (χ3v) is 4.38. The molecule has 6 nitrogen and oxygen atoms in total. The number of nitrogens with zero attached hydrogens (tertiary/aromatic N) is 1. The summed E-state index contributed by atoms with van der Waals surface area (Å²) in [6.45, 7) is 6.16. The number of carbonyl (C=O) groups is 2. The summed E-state index contributed by atoms with van der Waals surface area (Å²) in [5.41, 5.74) is 6.09. The number of ether oxygens (including phenoxy) is 1. The number of anilines is 1. The fourth-order valence-electron chi connectivity index (χ4n) is 2.88. The minimum atomic E-state index is -0.589. The van der Waals surface area contributed by atoms with Crippen LogP contribution in [-0.4, -0.2) is 43.0 Å². The van der Waals surface area contributed by atoms with Crippen molar-refractivity contribution in [1.82, 2.24) is 4.90 Å². The Balaban J connectivity index is 2.05. The van der Waals surface area contributed by atoms with Gasteiger partial charge in [0.05, 0.1) is 18.4 Å². The zero-order valence-corrected chi connectivity index (χ0v) is 14.0. The smallest absolute Gasteiger partial charge is 0.250 e. The topological polar surface area (TPSA) is 84.7 Å². The van der Waals surface area contributed by atoms with Crippen molar-refractivity contribution in [2.75, 3.05) is 25.5 Å². The molecule has 0 bridgehead atoms. The Bertz CT molecular complexity index is 578. The Morgan fingerprint density at radius 3 is 2.48 bits per heavy atom. The maximum Gasteiger partial charge on any atom is 0.250 e. The monoisotopic (exact) mass is 319 g/mol. The van der Waals surface area contributed by atoms with Gasteiger partial charge in [-0.25, -0.2) is 0 Å². The Morgan fingerprint density at radius 1 is 1.30 bits per heavy atom. The number of carbonyl (C=O) groups excluding carboxylic acids is 2. The van der Waals surface area contributed by atoms with E-state index >= 15 is 0 Å². The van der Waals surface area contributed by atoms with Crippen molar-refractivity contribution in [3.05, 3.63) is 23.8 Å². The summed E-state index contributed by atoms with van der Waals surface area (Å²) in [5.74, 6) is -0.148. The third kappa shape index (κ3) is 4.22. The molecule has 2 amide bonds. The van der Waals surface area contributed by atoms with Crippen LogP contribution in [0, 0.1) is 5.92 Å². The van der Waals surface area contributed by atoms with Gasteiger partial charge in [0.2, 0.25) is 5.91 Å². The van der Waals surface area contributed by atoms with Crippen LogP contribution < -0.4 is 15.8 Å². The number of likely N-dealkylation sites (tertiary alicyclic amines) is 1. The van der Waals surface area contributed by atoms with Gasteiger partial charge in [0.25, 0.3) is 5.91 Å². The normalized spacial score (nSPS) is 16.3. The second-order valence-corrected chi connectivity index (χ2v) is 6.17. The minimum absolute atomic E-state index is 0.0344. The fourth-order valence-corrected chi connectivity index (χ4v) is 2.88. The number of amides is 2. The first-order chi connectivity index (χ1) is 10.9. The molecule has 1 aliphatic heterocycles. The maximum absolute atomic E-state index is 12.5. The quantitative estimate of drug-likeness (QED) is 0.867. The van der Waals surface area contributed by atoms with Crippen LogP contribution in [0.4, 0.5) is 5.69 Å². The lowest BCUT2D eigenvalue weighted by Gasteiger charge is -2.34. The van der Waals surface area contributed by atoms with E-state index in [1.165, 1.54) is 7.11 Å². The molecule has 0 radical (unpaired) electrons. The van der Waals surface area contributed by atoms with Crippen molar-refractivity contribution >= 4 is 17.5 Å². The largest absolute Gasteiger partial charge is 0.497 e. The number of benzene rings is 1. The number of hydrogen-bond donors (Lipinski definition) is 2. The highest BCUT2D eigenvalue weighted by Gasteiger charge is 2.26. The van der Waals surface area contributed by atoms with Crippen LogP contribution in [0.2, 0.25) is 0 Å². The first kappa shape index (κ1) is 17.3. The number of nitrogens with one attached hydrogen (secondary N) is 1. The predicted octanol–water partition coefficient (Wildman–Crippen LogP) is 1.85. The van der Waals surface area contributed by atoms with Crippen LogP contribution in [0.5, 0.6) is 5.75 Å². The Hall–Kier alpha value is -2.08. The van der Waals surface area contributed by atoms with Crippen LogP contribution in [0.25, 0.3) is 0 Å². The zero-order valence-electron chi connectivity index (χ0n) is 14.0. The van der Waals surface area contributed by atoms with Gasteiger partial charge in [-0.2, -0.15) is 0 Å². The summed E-state index contributed by atoms with van der Waals surface area (Å²) in [5, 5.41) is 2.84. The Labute approximate surface area is 137 Å². The predicted molar refractivity (Wildman–Crippen MR) is 89.6 cm³/mol. The van der Waals surface area contributed by atoms with Gasteiger partial charge in [0, 0.05) is 12.0 Å². The molecule has 0 spiro atoms. The van der Waals surface area contributed by atoms with Gasteiger partial charge < -0.3 is 20.7 Å². The number of rotatable bonds is 5. The van der Waals surface area contributed by atoms with E-state index in [-0.39, 0.29) is 17.4 Å². The van der Waals surface area contributed by atoms with Crippen LogP contribution in [0.1, 0.15) is 37.0 Å². The van der Waals surface area contributed by atoms with Crippen molar-refractivity contribution < 1.29 is 14.3 Å². The van der Waals surface area contributed by atoms with E-state index in [0.29, 0.717) is 17.5 Å². The standard InChI is InChI=1S/C17H25N3O3/c1-11(2)20-8-6-12(7-9-20)17(22)19-15-5-4-13(23-3)10-14(15)16(18)21/h4-5,10-12H,6-9H2,1-3H3,(H2,18,21)(H,19,22). The van der Waals surface area contributed by atoms with Gasteiger partial charge in [-0.15, -0.1) is 0 Å². The first-order valence-corrected chi connectivity index (χ1v) is 7.95. The zero-order chi connectivity index (χ0) is 17.0. The molecule has 0 aromatic heterocycles. The summed E-state index contributed by atoms with van der Waals surface area (Å²) in [7, 11) is 1.51. The van der Waals surface area contributed by atoms with Gasteiger partial charge in [-0.3, -0.25) is 9.59 Å². The minimum Gasteiger partial charge on any atom is -0.497 e. The average Bonchev–Trinajstić information content (AvgIpc) is 2.55. The van der Waals surface area contributed by atoms with Crippen molar-refractivity contribution in [2.45, 2.75) is 32.7 Å². The number of piperidine rings is 1. The highest BCUT2D eigenvalue weighted by molar-refractivity contribution is 6.03.